The summed E-state index contributed by atoms with van der Waals surface area (Å²) in [5.74, 6) is -0.444. The van der Waals surface area contributed by atoms with Gasteiger partial charge < -0.3 is 14.4 Å². The molecule has 0 spiro atoms. The van der Waals surface area contributed by atoms with Gasteiger partial charge in [0, 0.05) is 24.9 Å². The zero-order valence-corrected chi connectivity index (χ0v) is 15.9. The number of piperidine rings is 1. The number of methoxy groups -OCH3 is 1. The topological polar surface area (TPSA) is 54.7 Å². The van der Waals surface area contributed by atoms with Crippen LogP contribution in [0.5, 0.6) is 5.75 Å². The number of aryl methyl sites for hydroxylation is 1. The van der Waals surface area contributed by atoms with Gasteiger partial charge in [-0.25, -0.2) is 4.39 Å². The maximum absolute atomic E-state index is 14.7. The van der Waals surface area contributed by atoms with Crippen LogP contribution in [0.2, 0.25) is 0 Å². The van der Waals surface area contributed by atoms with E-state index in [0.717, 1.165) is 32.4 Å². The number of hydrogen-bond acceptors (Lipinski definition) is 4. The molecule has 1 saturated heterocycles. The quantitative estimate of drug-likeness (QED) is 0.844. The molecular weight excluding hydrogens is 347 g/mol. The molecule has 6 heteroatoms. The second kappa shape index (κ2) is 8.67. The van der Waals surface area contributed by atoms with Crippen molar-refractivity contribution in [2.75, 3.05) is 26.8 Å². The van der Waals surface area contributed by atoms with Crippen molar-refractivity contribution < 1.29 is 14.2 Å². The summed E-state index contributed by atoms with van der Waals surface area (Å²) in [4.78, 5) is 15.4. The lowest BCUT2D eigenvalue weighted by molar-refractivity contribution is 0.176. The lowest BCUT2D eigenvalue weighted by Gasteiger charge is -2.35. The highest BCUT2D eigenvalue weighted by molar-refractivity contribution is 5.41. The molecule has 0 amide bonds. The van der Waals surface area contributed by atoms with Crippen molar-refractivity contribution in [1.82, 2.24) is 9.47 Å². The fraction of sp³-hybridized carbons (Fsp3) is 0.476. The summed E-state index contributed by atoms with van der Waals surface area (Å²) in [6.45, 7) is 4.09. The van der Waals surface area contributed by atoms with Gasteiger partial charge >= 0.3 is 0 Å². The Kier molecular flexibility index (Phi) is 6.29. The van der Waals surface area contributed by atoms with Crippen molar-refractivity contribution in [3.63, 3.8) is 0 Å². The zero-order chi connectivity index (χ0) is 19.4. The zero-order valence-electron chi connectivity index (χ0n) is 15.9. The van der Waals surface area contributed by atoms with Gasteiger partial charge in [-0.3, -0.25) is 9.69 Å². The molecule has 27 heavy (non-hydrogen) atoms. The first kappa shape index (κ1) is 19.6. The van der Waals surface area contributed by atoms with E-state index in [-0.39, 0.29) is 22.7 Å². The highest BCUT2D eigenvalue weighted by atomic mass is 19.1. The fourth-order valence-corrected chi connectivity index (χ4v) is 3.89. The summed E-state index contributed by atoms with van der Waals surface area (Å²) in [5.41, 5.74) is 1.03. The minimum atomic E-state index is -0.603. The highest BCUT2D eigenvalue weighted by Crippen LogP contribution is 2.35. The van der Waals surface area contributed by atoms with Gasteiger partial charge in [0.1, 0.15) is 11.6 Å². The van der Waals surface area contributed by atoms with E-state index < -0.39 is 6.04 Å². The van der Waals surface area contributed by atoms with E-state index in [0.29, 0.717) is 24.4 Å². The van der Waals surface area contributed by atoms with Crippen LogP contribution >= 0.6 is 0 Å². The maximum Gasteiger partial charge on any atom is 0.259 e. The van der Waals surface area contributed by atoms with E-state index in [2.05, 4.69) is 4.90 Å². The van der Waals surface area contributed by atoms with Crippen LogP contribution in [0.25, 0.3) is 0 Å². The number of ether oxygens (including phenoxy) is 1. The van der Waals surface area contributed by atoms with E-state index in [4.69, 9.17) is 4.74 Å². The van der Waals surface area contributed by atoms with Crippen LogP contribution in [-0.4, -0.2) is 41.4 Å². The molecule has 1 aromatic heterocycles. The molecular formula is C21H27FN2O3. The Labute approximate surface area is 159 Å². The lowest BCUT2D eigenvalue weighted by Crippen LogP contribution is -2.39. The standard InChI is InChI=1S/C21H27FN2O3/c1-15-14-18(25)19(21(26)24(15)12-13-27-2)20(23-10-6-3-7-11-23)16-8-4-5-9-17(16)22/h4-5,8-9,14,20,25H,3,6-7,10-13H2,1-2H3. The number of aromatic nitrogens is 1. The number of hydrogen-bond donors (Lipinski definition) is 1. The average Bonchev–Trinajstić information content (AvgIpc) is 2.66. The molecule has 0 bridgehead atoms. The predicted molar refractivity (Wildman–Crippen MR) is 103 cm³/mol. The first-order chi connectivity index (χ1) is 13.0. The lowest BCUT2D eigenvalue weighted by atomic mass is 9.94. The highest BCUT2D eigenvalue weighted by Gasteiger charge is 2.31. The average molecular weight is 374 g/mol. The van der Waals surface area contributed by atoms with E-state index in [1.54, 1.807) is 42.9 Å². The van der Waals surface area contributed by atoms with Gasteiger partial charge in [0.2, 0.25) is 0 Å². The Morgan fingerprint density at radius 2 is 1.93 bits per heavy atom. The van der Waals surface area contributed by atoms with Gasteiger partial charge in [-0.15, -0.1) is 0 Å². The number of aromatic hydroxyl groups is 1. The molecule has 3 rings (SSSR count). The normalized spacial score (nSPS) is 16.4. The number of likely N-dealkylation sites (tertiary alicyclic amines) is 1. The van der Waals surface area contributed by atoms with Crippen molar-refractivity contribution in [2.45, 2.75) is 38.8 Å². The van der Waals surface area contributed by atoms with Crippen LogP contribution in [-0.2, 0) is 11.3 Å². The summed E-state index contributed by atoms with van der Waals surface area (Å²) in [7, 11) is 1.58. The molecule has 146 valence electrons. The molecule has 0 saturated carbocycles. The Bertz CT molecular complexity index is 844. The molecule has 1 unspecified atom stereocenters. The molecule has 0 aliphatic carbocycles. The summed E-state index contributed by atoms with van der Waals surface area (Å²) in [5, 5.41) is 10.7. The molecule has 5 nitrogen and oxygen atoms in total. The third kappa shape index (κ3) is 4.06. The van der Waals surface area contributed by atoms with Crippen LogP contribution < -0.4 is 5.56 Å². The van der Waals surface area contributed by atoms with Crippen molar-refractivity contribution in [3.05, 3.63) is 63.3 Å². The predicted octanol–water partition coefficient (Wildman–Crippen LogP) is 3.22. The Morgan fingerprint density at radius 1 is 1.22 bits per heavy atom. The number of pyridine rings is 1. The Balaban J connectivity index is 2.17. The van der Waals surface area contributed by atoms with Crippen LogP contribution in [0.3, 0.4) is 0 Å². The maximum atomic E-state index is 14.7. The van der Waals surface area contributed by atoms with Crippen molar-refractivity contribution in [2.24, 2.45) is 0 Å². The summed E-state index contributed by atoms with van der Waals surface area (Å²) in [6, 6.07) is 7.49. The van der Waals surface area contributed by atoms with Crippen molar-refractivity contribution >= 4 is 0 Å². The molecule has 1 aliphatic rings. The molecule has 2 heterocycles. The van der Waals surface area contributed by atoms with Crippen LogP contribution in [0.4, 0.5) is 4.39 Å². The Hall–Kier alpha value is -2.18. The van der Waals surface area contributed by atoms with Gasteiger partial charge in [-0.05, 0) is 45.0 Å². The number of benzene rings is 1. The molecule has 2 aromatic rings. The SMILES string of the molecule is COCCn1c(C)cc(O)c(C(c2ccccc2F)N2CCCCC2)c1=O. The first-order valence-electron chi connectivity index (χ1n) is 9.45. The van der Waals surface area contributed by atoms with Crippen LogP contribution in [0.1, 0.15) is 42.1 Å². The Morgan fingerprint density at radius 3 is 2.59 bits per heavy atom. The molecule has 1 fully saturated rings. The summed E-state index contributed by atoms with van der Waals surface area (Å²) < 4.78 is 21.4. The minimum absolute atomic E-state index is 0.0787. The monoisotopic (exact) mass is 374 g/mol. The van der Waals surface area contributed by atoms with Gasteiger partial charge in [0.15, 0.2) is 0 Å². The van der Waals surface area contributed by atoms with Crippen molar-refractivity contribution in [1.29, 1.82) is 0 Å². The van der Waals surface area contributed by atoms with E-state index in [1.807, 2.05) is 0 Å². The van der Waals surface area contributed by atoms with E-state index in [9.17, 15) is 14.3 Å². The molecule has 1 aliphatic heterocycles. The number of rotatable bonds is 6. The minimum Gasteiger partial charge on any atom is -0.507 e. The van der Waals surface area contributed by atoms with Gasteiger partial charge in [-0.1, -0.05) is 24.6 Å². The number of halogens is 1. The fourth-order valence-electron chi connectivity index (χ4n) is 3.89. The van der Waals surface area contributed by atoms with Gasteiger partial charge in [0.05, 0.1) is 18.2 Å². The van der Waals surface area contributed by atoms with Gasteiger partial charge in [0.25, 0.3) is 5.56 Å². The summed E-state index contributed by atoms with van der Waals surface area (Å²) >= 11 is 0. The molecule has 0 radical (unpaired) electrons. The molecule has 1 N–H and O–H groups in total. The first-order valence-corrected chi connectivity index (χ1v) is 9.45. The van der Waals surface area contributed by atoms with Crippen molar-refractivity contribution in [3.8, 4) is 5.75 Å². The largest absolute Gasteiger partial charge is 0.507 e. The molecule has 1 aromatic carbocycles. The van der Waals surface area contributed by atoms with E-state index in [1.165, 1.54) is 6.07 Å². The van der Waals surface area contributed by atoms with Gasteiger partial charge in [-0.2, -0.15) is 0 Å². The number of nitrogens with zero attached hydrogens (tertiary/aromatic N) is 2. The second-order valence-electron chi connectivity index (χ2n) is 7.05. The smallest absolute Gasteiger partial charge is 0.259 e. The van der Waals surface area contributed by atoms with E-state index >= 15 is 0 Å². The van der Waals surface area contributed by atoms with Crippen LogP contribution in [0, 0.1) is 12.7 Å². The molecule has 1 atom stereocenters. The third-order valence-corrected chi connectivity index (χ3v) is 5.27. The second-order valence-corrected chi connectivity index (χ2v) is 7.05. The third-order valence-electron chi connectivity index (χ3n) is 5.27. The van der Waals surface area contributed by atoms with Crippen LogP contribution in [0.15, 0.2) is 35.1 Å². The summed E-state index contributed by atoms with van der Waals surface area (Å²) in [6.07, 6.45) is 3.11.